The fourth-order valence-corrected chi connectivity index (χ4v) is 4.26. The van der Waals surface area contributed by atoms with E-state index in [2.05, 4.69) is 10.3 Å². The number of hydrogen-bond donors (Lipinski definition) is 7. The van der Waals surface area contributed by atoms with Gasteiger partial charge in [-0.3, -0.25) is 0 Å². The average Bonchev–Trinajstić information content (AvgIpc) is 2.41. The van der Waals surface area contributed by atoms with Gasteiger partial charge >= 0.3 is 5.97 Å². The molecule has 0 amide bonds. The zero-order chi connectivity index (χ0) is 15.2. The fraction of sp³-hybridized carbons (Fsp3) is 0.909. The van der Waals surface area contributed by atoms with Gasteiger partial charge in [0.25, 0.3) is 0 Å². The molecule has 1 spiro atoms. The smallest absolute Gasteiger partial charge is 0.311 e. The monoisotopic (exact) mass is 303 g/mol. The van der Waals surface area contributed by atoms with Gasteiger partial charge in [0.1, 0.15) is 11.6 Å². The van der Waals surface area contributed by atoms with Crippen molar-refractivity contribution in [3.8, 4) is 0 Å². The van der Waals surface area contributed by atoms with Crippen molar-refractivity contribution in [2.75, 3.05) is 6.61 Å². The number of nitrogens with two attached hydrogens (primary N) is 1. The lowest BCUT2D eigenvalue weighted by molar-refractivity contribution is -0.530. The molecule has 10 nitrogen and oxygen atoms in total. The van der Waals surface area contributed by atoms with Gasteiger partial charge < -0.3 is 46.1 Å². The second-order valence-corrected chi connectivity index (χ2v) is 6.00. The summed E-state index contributed by atoms with van der Waals surface area (Å²) in [6.07, 6.45) is -6.19. The second kappa shape index (κ2) is 3.84. The summed E-state index contributed by atoms with van der Waals surface area (Å²) in [5.41, 5.74) is 4.04. The number of rotatable bonds is 1. The molecular weight excluding hydrogens is 286 g/mol. The van der Waals surface area contributed by atoms with Crippen molar-refractivity contribution in [2.24, 2.45) is 22.6 Å². The summed E-state index contributed by atoms with van der Waals surface area (Å²) >= 11 is 0. The summed E-state index contributed by atoms with van der Waals surface area (Å²) in [5, 5.41) is 53.7. The number of hydrogen-bond acceptors (Lipinski definition) is 10. The molecule has 8 N–H and O–H groups in total. The third-order valence-corrected chi connectivity index (χ3v) is 5.11. The first kappa shape index (κ1) is 13.6. The van der Waals surface area contributed by atoms with E-state index in [0.717, 1.165) is 0 Å². The van der Waals surface area contributed by atoms with E-state index in [4.69, 9.17) is 15.2 Å². The minimum atomic E-state index is -2.33. The van der Waals surface area contributed by atoms with Gasteiger partial charge in [-0.15, -0.1) is 0 Å². The molecule has 0 radical (unpaired) electrons. The highest BCUT2D eigenvalue weighted by Crippen LogP contribution is 2.57. The van der Waals surface area contributed by atoms with Crippen molar-refractivity contribution in [3.05, 3.63) is 0 Å². The molecule has 21 heavy (non-hydrogen) atoms. The molecule has 4 heterocycles. The van der Waals surface area contributed by atoms with Crippen LogP contribution in [0.2, 0.25) is 0 Å². The Hall–Kier alpha value is -1.01. The molecule has 1 saturated carbocycles. The van der Waals surface area contributed by atoms with Crippen molar-refractivity contribution >= 4 is 5.96 Å². The molecular formula is C11H17N3O7. The van der Waals surface area contributed by atoms with Gasteiger partial charge in [-0.2, -0.15) is 0 Å². The summed E-state index contributed by atoms with van der Waals surface area (Å²) in [4.78, 5) is 3.78. The molecule has 4 fully saturated rings. The molecule has 0 aromatic heterocycles. The third-order valence-electron chi connectivity index (χ3n) is 5.11. The summed E-state index contributed by atoms with van der Waals surface area (Å²) in [6.45, 7) is -0.378. The first-order valence-electron chi connectivity index (χ1n) is 6.69. The highest BCUT2D eigenvalue weighted by atomic mass is 16.8. The fourth-order valence-electron chi connectivity index (χ4n) is 4.26. The third kappa shape index (κ3) is 1.34. The normalized spacial score (nSPS) is 61.2. The Bertz CT molecular complexity index is 518. The van der Waals surface area contributed by atoms with Crippen LogP contribution in [-0.2, 0) is 9.47 Å². The quantitative estimate of drug-likeness (QED) is 0.252. The topological polar surface area (TPSA) is 170 Å². The summed E-state index contributed by atoms with van der Waals surface area (Å²) in [6, 6.07) is 0. The molecule has 9 unspecified atom stereocenters. The van der Waals surface area contributed by atoms with Crippen LogP contribution in [0.1, 0.15) is 0 Å². The molecule has 4 aliphatic heterocycles. The summed E-state index contributed by atoms with van der Waals surface area (Å²) < 4.78 is 10.6. The van der Waals surface area contributed by atoms with Crippen LogP contribution < -0.4 is 11.1 Å². The van der Waals surface area contributed by atoms with Gasteiger partial charge in [-0.05, 0) is 0 Å². The zero-order valence-electron chi connectivity index (χ0n) is 10.8. The standard InChI is InChI=1S/C11H17N3O7/c12-9-13-7(17)3-4-2(1-15)5-6(16)10(3,14-9)8(18)11(19,20-4)21-5/h2-8,15-19H,1H2,(H3,12,13,14). The SMILES string of the molecule is NC1=NC(O)C2C3OC4(O)OC(C3CO)C(O)C2(N1)C4O. The van der Waals surface area contributed by atoms with E-state index in [1.165, 1.54) is 0 Å². The Morgan fingerprint density at radius 1 is 1.24 bits per heavy atom. The van der Waals surface area contributed by atoms with Crippen LogP contribution in [0.3, 0.4) is 0 Å². The van der Waals surface area contributed by atoms with Crippen molar-refractivity contribution < 1.29 is 35.0 Å². The molecule has 10 heteroatoms. The van der Waals surface area contributed by atoms with E-state index < -0.39 is 54.0 Å². The van der Waals surface area contributed by atoms with Gasteiger partial charge in [0.15, 0.2) is 18.3 Å². The van der Waals surface area contributed by atoms with Crippen molar-refractivity contribution in [1.82, 2.24) is 5.32 Å². The Kier molecular flexibility index (Phi) is 2.50. The molecule has 5 rings (SSSR count). The van der Waals surface area contributed by atoms with E-state index in [9.17, 15) is 25.5 Å². The Balaban J connectivity index is 1.91. The van der Waals surface area contributed by atoms with Crippen LogP contribution >= 0.6 is 0 Å². The molecule has 0 aromatic rings. The number of aliphatic hydroxyl groups is 5. The van der Waals surface area contributed by atoms with Crippen LogP contribution in [-0.4, -0.2) is 80.3 Å². The maximum Gasteiger partial charge on any atom is 0.311 e. The number of nitrogens with one attached hydrogen (secondary N) is 1. The molecule has 5 aliphatic rings. The lowest BCUT2D eigenvalue weighted by Crippen LogP contribution is -2.91. The van der Waals surface area contributed by atoms with Crippen LogP contribution in [0.15, 0.2) is 4.99 Å². The number of guanidine groups is 1. The number of nitrogens with zero attached hydrogens (tertiary/aromatic N) is 1. The maximum absolute atomic E-state index is 10.6. The van der Waals surface area contributed by atoms with E-state index in [1.54, 1.807) is 0 Å². The average molecular weight is 303 g/mol. The summed E-state index contributed by atoms with van der Waals surface area (Å²) in [5.74, 6) is -4.06. The van der Waals surface area contributed by atoms with Gasteiger partial charge in [0, 0.05) is 5.92 Å². The van der Waals surface area contributed by atoms with E-state index in [0.29, 0.717) is 0 Å². The summed E-state index contributed by atoms with van der Waals surface area (Å²) in [7, 11) is 0. The lowest BCUT2D eigenvalue weighted by atomic mass is 9.56. The minimum absolute atomic E-state index is 0.164. The minimum Gasteiger partial charge on any atom is -0.396 e. The molecule has 118 valence electrons. The van der Waals surface area contributed by atoms with Crippen LogP contribution in [0.4, 0.5) is 0 Å². The predicted octanol–water partition coefficient (Wildman–Crippen LogP) is -4.63. The van der Waals surface area contributed by atoms with Crippen molar-refractivity contribution in [2.45, 2.75) is 42.2 Å². The van der Waals surface area contributed by atoms with E-state index >= 15 is 0 Å². The highest BCUT2D eigenvalue weighted by Gasteiger charge is 2.79. The highest BCUT2D eigenvalue weighted by molar-refractivity contribution is 5.80. The van der Waals surface area contributed by atoms with Gasteiger partial charge in [-0.25, -0.2) is 4.99 Å². The molecule has 3 saturated heterocycles. The van der Waals surface area contributed by atoms with E-state index in [1.807, 2.05) is 0 Å². The van der Waals surface area contributed by atoms with Gasteiger partial charge in [0.05, 0.1) is 24.7 Å². The van der Waals surface area contributed by atoms with Crippen LogP contribution in [0.5, 0.6) is 0 Å². The van der Waals surface area contributed by atoms with Crippen LogP contribution in [0.25, 0.3) is 0 Å². The Labute approximate surface area is 118 Å². The van der Waals surface area contributed by atoms with Crippen molar-refractivity contribution in [3.63, 3.8) is 0 Å². The number of aliphatic hydroxyl groups excluding tert-OH is 4. The molecule has 0 aromatic carbocycles. The van der Waals surface area contributed by atoms with Gasteiger partial charge in [0.2, 0.25) is 0 Å². The van der Waals surface area contributed by atoms with E-state index in [-0.39, 0.29) is 12.6 Å². The first-order chi connectivity index (χ1) is 9.85. The van der Waals surface area contributed by atoms with Gasteiger partial charge in [-0.1, -0.05) is 0 Å². The molecule has 4 bridgehead atoms. The second-order valence-electron chi connectivity index (χ2n) is 6.00. The molecule has 1 aliphatic carbocycles. The largest absolute Gasteiger partial charge is 0.396 e. The Morgan fingerprint density at radius 2 is 1.90 bits per heavy atom. The molecule has 9 atom stereocenters. The Morgan fingerprint density at radius 3 is 2.57 bits per heavy atom. The predicted molar refractivity (Wildman–Crippen MR) is 64.3 cm³/mol. The number of ether oxygens (including phenoxy) is 2. The number of aliphatic imine (C=N–C) groups is 1. The zero-order valence-corrected chi connectivity index (χ0v) is 10.8. The van der Waals surface area contributed by atoms with Crippen molar-refractivity contribution in [1.29, 1.82) is 0 Å². The lowest BCUT2D eigenvalue weighted by Gasteiger charge is -2.69. The maximum atomic E-state index is 10.6. The van der Waals surface area contributed by atoms with Crippen LogP contribution in [0, 0.1) is 11.8 Å². The first-order valence-corrected chi connectivity index (χ1v) is 6.69.